The normalized spacial score (nSPS) is 12.7. The van der Waals surface area contributed by atoms with Crippen LogP contribution in [0, 0.1) is 0 Å². The van der Waals surface area contributed by atoms with Crippen LogP contribution in [0.4, 0.5) is 17.1 Å². The third-order valence-electron chi connectivity index (χ3n) is 14.7. The van der Waals surface area contributed by atoms with Gasteiger partial charge in [0, 0.05) is 49.7 Å². The van der Waals surface area contributed by atoms with Crippen molar-refractivity contribution in [2.75, 3.05) is 4.90 Å². The fourth-order valence-electron chi connectivity index (χ4n) is 11.8. The third-order valence-corrected chi connectivity index (χ3v) is 14.7. The fraction of sp³-hybridized carbons (Fsp3) is 0.0149. The molecular formula is C67H44N2O. The van der Waals surface area contributed by atoms with Crippen molar-refractivity contribution < 1.29 is 4.42 Å². The minimum atomic E-state index is -0.608. The monoisotopic (exact) mass is 892 g/mol. The third kappa shape index (κ3) is 5.95. The zero-order chi connectivity index (χ0) is 46.2. The van der Waals surface area contributed by atoms with Crippen molar-refractivity contribution in [2.24, 2.45) is 0 Å². The molecule has 2 aromatic heterocycles. The lowest BCUT2D eigenvalue weighted by molar-refractivity contribution is 0.670. The highest BCUT2D eigenvalue weighted by molar-refractivity contribution is 6.16. The Morgan fingerprint density at radius 2 is 0.871 bits per heavy atom. The van der Waals surface area contributed by atoms with Crippen LogP contribution in [-0.4, -0.2) is 4.57 Å². The van der Waals surface area contributed by atoms with E-state index in [0.29, 0.717) is 0 Å². The number of hydrogen-bond acceptors (Lipinski definition) is 2. The second kappa shape index (κ2) is 16.0. The van der Waals surface area contributed by atoms with E-state index >= 15 is 0 Å². The van der Waals surface area contributed by atoms with Gasteiger partial charge in [-0.2, -0.15) is 0 Å². The maximum Gasteiger partial charge on any atom is 0.143 e. The topological polar surface area (TPSA) is 21.3 Å². The van der Waals surface area contributed by atoms with E-state index in [4.69, 9.17) is 4.42 Å². The van der Waals surface area contributed by atoms with E-state index in [0.717, 1.165) is 61.4 Å². The molecule has 0 radical (unpaired) electrons. The summed E-state index contributed by atoms with van der Waals surface area (Å²) in [5.74, 6) is 0. The fourth-order valence-corrected chi connectivity index (χ4v) is 11.8. The average Bonchev–Trinajstić information content (AvgIpc) is 4.10. The first kappa shape index (κ1) is 39.9. The maximum absolute atomic E-state index is 6.55. The van der Waals surface area contributed by atoms with Gasteiger partial charge in [-0.25, -0.2) is 0 Å². The van der Waals surface area contributed by atoms with Gasteiger partial charge in [-0.3, -0.25) is 0 Å². The molecule has 3 nitrogen and oxygen atoms in total. The quantitative estimate of drug-likeness (QED) is 0.152. The van der Waals surface area contributed by atoms with Gasteiger partial charge in [0.2, 0.25) is 0 Å². The molecule has 70 heavy (non-hydrogen) atoms. The van der Waals surface area contributed by atoms with Crippen molar-refractivity contribution >= 4 is 60.8 Å². The largest absolute Gasteiger partial charge is 0.455 e. The van der Waals surface area contributed by atoms with Gasteiger partial charge in [-0.05, 0) is 105 Å². The second-order valence-electron chi connectivity index (χ2n) is 18.3. The first-order valence-electron chi connectivity index (χ1n) is 24.1. The SMILES string of the molecule is c1ccc(-n2c3ccccc3c3c(-c4ccc(N(c5ccc(-c6cccc7c6oc6ccccc67)cc5)c5cccc6c5C(c5ccccc5)(c5ccccc5)c5ccccc5-6)cc4)cccc32)cc1. The molecule has 0 unspecified atom stereocenters. The van der Waals surface area contributed by atoms with Crippen molar-refractivity contribution in [1.29, 1.82) is 0 Å². The van der Waals surface area contributed by atoms with Gasteiger partial charge < -0.3 is 13.9 Å². The lowest BCUT2D eigenvalue weighted by Gasteiger charge is -2.38. The number of rotatable bonds is 8. The molecule has 0 N–H and O–H groups in total. The Hall–Kier alpha value is -9.18. The van der Waals surface area contributed by atoms with Crippen LogP contribution in [0.2, 0.25) is 0 Å². The van der Waals surface area contributed by atoms with Crippen molar-refractivity contribution in [3.63, 3.8) is 0 Å². The van der Waals surface area contributed by atoms with Gasteiger partial charge in [0.15, 0.2) is 0 Å². The first-order valence-corrected chi connectivity index (χ1v) is 24.1. The van der Waals surface area contributed by atoms with Gasteiger partial charge in [-0.15, -0.1) is 0 Å². The predicted octanol–water partition coefficient (Wildman–Crippen LogP) is 17.8. The summed E-state index contributed by atoms with van der Waals surface area (Å²) < 4.78 is 8.94. The van der Waals surface area contributed by atoms with E-state index in [1.54, 1.807) is 0 Å². The Morgan fingerprint density at radius 3 is 1.60 bits per heavy atom. The number of furan rings is 1. The molecule has 0 spiro atoms. The van der Waals surface area contributed by atoms with Crippen LogP contribution in [0.3, 0.4) is 0 Å². The predicted molar refractivity (Wildman–Crippen MR) is 291 cm³/mol. The number of hydrogen-bond donors (Lipinski definition) is 0. The summed E-state index contributed by atoms with van der Waals surface area (Å²) in [4.78, 5) is 2.47. The number of nitrogens with zero attached hydrogens (tertiary/aromatic N) is 2. The molecule has 0 amide bonds. The molecule has 0 saturated heterocycles. The Labute approximate surface area is 406 Å². The maximum atomic E-state index is 6.55. The molecule has 0 fully saturated rings. The Kier molecular flexibility index (Phi) is 9.11. The highest BCUT2D eigenvalue weighted by Crippen LogP contribution is 2.60. The smallest absolute Gasteiger partial charge is 0.143 e. The summed E-state index contributed by atoms with van der Waals surface area (Å²) in [6.45, 7) is 0. The van der Waals surface area contributed by atoms with Crippen LogP contribution in [0.1, 0.15) is 22.3 Å². The van der Waals surface area contributed by atoms with Crippen LogP contribution in [0.15, 0.2) is 271 Å². The van der Waals surface area contributed by atoms with Crippen LogP contribution in [-0.2, 0) is 5.41 Å². The number of anilines is 3. The van der Waals surface area contributed by atoms with Crippen LogP contribution in [0.5, 0.6) is 0 Å². The summed E-state index contributed by atoms with van der Waals surface area (Å²) in [7, 11) is 0. The van der Waals surface area contributed by atoms with Crippen molar-refractivity contribution in [1.82, 2.24) is 4.57 Å². The molecule has 13 aromatic rings. The number of aromatic nitrogens is 1. The van der Waals surface area contributed by atoms with Crippen LogP contribution in [0.25, 0.3) is 82.8 Å². The molecule has 1 aliphatic rings. The standard InChI is InChI=1S/C67H44N2O/c1-4-19-47(20-5-1)67(48-21-6-2-7-22-48)59-32-13-10-25-54(59)56-30-18-35-62(65(56)67)68(51-43-39-46(40-44-51)53-29-16-31-57-55-26-12-15-36-63(55)70-66(53)57)50-41-37-45(38-42-50)52-28-17-34-61-64(52)58-27-11-14-33-60(58)69(61)49-23-8-3-9-24-49/h1-44H. The summed E-state index contributed by atoms with van der Waals surface area (Å²) >= 11 is 0. The number of benzene rings is 11. The summed E-state index contributed by atoms with van der Waals surface area (Å²) in [5, 5.41) is 4.73. The van der Waals surface area contributed by atoms with Gasteiger partial charge in [0.05, 0.1) is 22.1 Å². The molecule has 2 heterocycles. The zero-order valence-corrected chi connectivity index (χ0v) is 38.2. The molecule has 0 aliphatic heterocycles. The van der Waals surface area contributed by atoms with E-state index in [1.165, 1.54) is 60.8 Å². The molecule has 0 saturated carbocycles. The molecular weight excluding hydrogens is 849 g/mol. The van der Waals surface area contributed by atoms with E-state index in [-0.39, 0.29) is 0 Å². The first-order chi connectivity index (χ1) is 34.8. The second-order valence-corrected chi connectivity index (χ2v) is 18.3. The highest BCUT2D eigenvalue weighted by atomic mass is 16.3. The molecule has 328 valence electrons. The van der Waals surface area contributed by atoms with Gasteiger partial charge in [0.25, 0.3) is 0 Å². The van der Waals surface area contributed by atoms with Gasteiger partial charge in [0.1, 0.15) is 11.2 Å². The average molecular weight is 893 g/mol. The van der Waals surface area contributed by atoms with Crippen molar-refractivity contribution in [2.45, 2.75) is 5.41 Å². The van der Waals surface area contributed by atoms with E-state index in [1.807, 2.05) is 6.07 Å². The van der Waals surface area contributed by atoms with Gasteiger partial charge >= 0.3 is 0 Å². The Bertz CT molecular complexity index is 4050. The number of para-hydroxylation sites is 4. The van der Waals surface area contributed by atoms with Crippen LogP contribution < -0.4 is 4.90 Å². The molecule has 0 atom stereocenters. The minimum Gasteiger partial charge on any atom is -0.455 e. The zero-order valence-electron chi connectivity index (χ0n) is 38.2. The van der Waals surface area contributed by atoms with Crippen molar-refractivity contribution in [3.05, 3.63) is 289 Å². The summed E-state index contributed by atoms with van der Waals surface area (Å²) in [6.07, 6.45) is 0. The minimum absolute atomic E-state index is 0.608. The van der Waals surface area contributed by atoms with E-state index in [9.17, 15) is 0 Å². The highest BCUT2D eigenvalue weighted by Gasteiger charge is 2.48. The van der Waals surface area contributed by atoms with E-state index in [2.05, 4.69) is 270 Å². The van der Waals surface area contributed by atoms with Gasteiger partial charge in [-0.1, -0.05) is 206 Å². The van der Waals surface area contributed by atoms with Crippen LogP contribution >= 0.6 is 0 Å². The Balaban J connectivity index is 0.986. The number of fused-ring (bicyclic) bond motifs is 9. The summed E-state index contributed by atoms with van der Waals surface area (Å²) in [5.41, 5.74) is 20.0. The molecule has 3 heteroatoms. The molecule has 14 rings (SSSR count). The van der Waals surface area contributed by atoms with E-state index < -0.39 is 5.41 Å². The Morgan fingerprint density at radius 1 is 0.357 bits per heavy atom. The van der Waals surface area contributed by atoms with Crippen molar-refractivity contribution in [3.8, 4) is 39.1 Å². The lowest BCUT2D eigenvalue weighted by atomic mass is 9.67. The lowest BCUT2D eigenvalue weighted by Crippen LogP contribution is -2.30. The molecule has 1 aliphatic carbocycles. The molecule has 0 bridgehead atoms. The summed E-state index contributed by atoms with van der Waals surface area (Å²) in [6, 6.07) is 97.3. The molecule has 11 aromatic carbocycles.